The number of methoxy groups -OCH3 is 1. The molecule has 0 amide bonds. The molecule has 4 nitrogen and oxygen atoms in total. The van der Waals surface area contributed by atoms with Gasteiger partial charge in [-0.05, 0) is 56.3 Å². The number of hydrogen-bond donors (Lipinski definition) is 2. The Hall–Kier alpha value is -1.26. The molecular formula is C16H23NO3. The van der Waals surface area contributed by atoms with Crippen molar-refractivity contribution in [3.63, 3.8) is 0 Å². The summed E-state index contributed by atoms with van der Waals surface area (Å²) in [6, 6.07) is 5.86. The fraction of sp³-hybridized carbons (Fsp3) is 0.625. The molecule has 1 saturated heterocycles. The van der Waals surface area contributed by atoms with Gasteiger partial charge in [0.05, 0.1) is 13.2 Å². The SMILES string of the molecule is COc1cccc(C)c1O[C@@H]1C[C@@H]2CNC[C@@H]2C[C@H]1O. The number of aryl methyl sites for hydroxylation is 1. The Morgan fingerprint density at radius 2 is 1.95 bits per heavy atom. The predicted octanol–water partition coefficient (Wildman–Crippen LogP) is 1.74. The molecule has 0 aromatic heterocycles. The molecule has 2 fully saturated rings. The Morgan fingerprint density at radius 1 is 1.20 bits per heavy atom. The molecule has 0 unspecified atom stereocenters. The second-order valence-electron chi connectivity index (χ2n) is 5.98. The van der Waals surface area contributed by atoms with E-state index in [9.17, 15) is 5.11 Å². The van der Waals surface area contributed by atoms with E-state index in [0.717, 1.165) is 43.0 Å². The van der Waals surface area contributed by atoms with Crippen LogP contribution in [0.4, 0.5) is 0 Å². The Morgan fingerprint density at radius 3 is 2.70 bits per heavy atom. The van der Waals surface area contributed by atoms with Gasteiger partial charge in [0.15, 0.2) is 11.5 Å². The minimum absolute atomic E-state index is 0.133. The van der Waals surface area contributed by atoms with Crippen LogP contribution in [0.25, 0.3) is 0 Å². The number of benzene rings is 1. The second-order valence-corrected chi connectivity index (χ2v) is 5.98. The second kappa shape index (κ2) is 5.62. The third-order valence-corrected chi connectivity index (χ3v) is 4.65. The van der Waals surface area contributed by atoms with Crippen molar-refractivity contribution in [3.8, 4) is 11.5 Å². The number of aliphatic hydroxyl groups excluding tert-OH is 1. The molecule has 4 heteroatoms. The van der Waals surface area contributed by atoms with Crippen LogP contribution in [-0.2, 0) is 0 Å². The van der Waals surface area contributed by atoms with Crippen LogP contribution < -0.4 is 14.8 Å². The van der Waals surface area contributed by atoms with Gasteiger partial charge in [0.1, 0.15) is 6.10 Å². The fourth-order valence-corrected chi connectivity index (χ4v) is 3.47. The molecule has 0 spiro atoms. The van der Waals surface area contributed by atoms with E-state index in [1.165, 1.54) is 0 Å². The summed E-state index contributed by atoms with van der Waals surface area (Å²) in [7, 11) is 1.65. The van der Waals surface area contributed by atoms with Gasteiger partial charge >= 0.3 is 0 Å². The molecule has 0 bridgehead atoms. The first-order valence-corrected chi connectivity index (χ1v) is 7.38. The summed E-state index contributed by atoms with van der Waals surface area (Å²) in [5, 5.41) is 13.8. The third-order valence-electron chi connectivity index (χ3n) is 4.65. The zero-order valence-electron chi connectivity index (χ0n) is 12.1. The number of fused-ring (bicyclic) bond motifs is 1. The van der Waals surface area contributed by atoms with Gasteiger partial charge in [-0.1, -0.05) is 12.1 Å². The van der Waals surface area contributed by atoms with Crippen molar-refractivity contribution in [1.82, 2.24) is 5.32 Å². The lowest BCUT2D eigenvalue weighted by Crippen LogP contribution is -2.42. The molecule has 0 radical (unpaired) electrons. The standard InChI is InChI=1S/C16H23NO3/c1-10-4-3-5-14(19-2)16(10)20-15-7-12-9-17-8-11(12)6-13(15)18/h3-5,11-13,15,17-18H,6-9H2,1-2H3/t11-,12+,13+,15+/m0/s1. The van der Waals surface area contributed by atoms with Crippen molar-refractivity contribution in [3.05, 3.63) is 23.8 Å². The van der Waals surface area contributed by atoms with Gasteiger partial charge in [0.25, 0.3) is 0 Å². The normalized spacial score (nSPS) is 32.8. The molecule has 20 heavy (non-hydrogen) atoms. The predicted molar refractivity (Wildman–Crippen MR) is 77.2 cm³/mol. The first-order chi connectivity index (χ1) is 9.69. The summed E-state index contributed by atoms with van der Waals surface area (Å²) in [5.74, 6) is 2.73. The number of nitrogens with one attached hydrogen (secondary N) is 1. The summed E-state index contributed by atoms with van der Waals surface area (Å²) in [5.41, 5.74) is 1.04. The van der Waals surface area contributed by atoms with Crippen molar-refractivity contribution in [2.24, 2.45) is 11.8 Å². The van der Waals surface area contributed by atoms with Crippen molar-refractivity contribution in [2.75, 3.05) is 20.2 Å². The highest BCUT2D eigenvalue weighted by atomic mass is 16.5. The lowest BCUT2D eigenvalue weighted by molar-refractivity contribution is -0.0243. The maximum atomic E-state index is 10.3. The molecule has 1 aromatic carbocycles. The average molecular weight is 277 g/mol. The van der Waals surface area contributed by atoms with Crippen LogP contribution >= 0.6 is 0 Å². The highest BCUT2D eigenvalue weighted by molar-refractivity contribution is 5.46. The molecule has 1 heterocycles. The van der Waals surface area contributed by atoms with E-state index in [2.05, 4.69) is 5.32 Å². The van der Waals surface area contributed by atoms with Gasteiger partial charge in [-0.3, -0.25) is 0 Å². The quantitative estimate of drug-likeness (QED) is 0.883. The number of rotatable bonds is 3. The minimum atomic E-state index is -0.388. The summed E-state index contributed by atoms with van der Waals surface area (Å²) in [4.78, 5) is 0. The van der Waals surface area contributed by atoms with Crippen LogP contribution in [0.2, 0.25) is 0 Å². The van der Waals surface area contributed by atoms with Gasteiger partial charge in [-0.25, -0.2) is 0 Å². The Labute approximate surface area is 120 Å². The van der Waals surface area contributed by atoms with Crippen molar-refractivity contribution >= 4 is 0 Å². The Bertz CT molecular complexity index is 477. The van der Waals surface area contributed by atoms with E-state index in [0.29, 0.717) is 11.8 Å². The summed E-state index contributed by atoms with van der Waals surface area (Å²) < 4.78 is 11.5. The molecule has 110 valence electrons. The highest BCUT2D eigenvalue weighted by Crippen LogP contribution is 2.38. The third kappa shape index (κ3) is 2.50. The average Bonchev–Trinajstić information content (AvgIpc) is 2.88. The molecule has 1 aliphatic heterocycles. The van der Waals surface area contributed by atoms with E-state index < -0.39 is 0 Å². The number of hydrogen-bond acceptors (Lipinski definition) is 4. The minimum Gasteiger partial charge on any atom is -0.493 e. The first kappa shape index (κ1) is 13.7. The molecular weight excluding hydrogens is 254 g/mol. The monoisotopic (exact) mass is 277 g/mol. The van der Waals surface area contributed by atoms with Crippen molar-refractivity contribution in [1.29, 1.82) is 0 Å². The van der Waals surface area contributed by atoms with Gasteiger partial charge in [-0.2, -0.15) is 0 Å². The maximum absolute atomic E-state index is 10.3. The van der Waals surface area contributed by atoms with Crippen LogP contribution in [-0.4, -0.2) is 37.5 Å². The number of aliphatic hydroxyl groups is 1. The van der Waals surface area contributed by atoms with Crippen LogP contribution in [0.3, 0.4) is 0 Å². The molecule has 2 N–H and O–H groups in total. The lowest BCUT2D eigenvalue weighted by Gasteiger charge is -2.35. The van der Waals surface area contributed by atoms with Gasteiger partial charge in [0, 0.05) is 0 Å². The van der Waals surface area contributed by atoms with Crippen molar-refractivity contribution in [2.45, 2.75) is 32.0 Å². The van der Waals surface area contributed by atoms with Crippen LogP contribution in [0.15, 0.2) is 18.2 Å². The zero-order valence-corrected chi connectivity index (χ0v) is 12.1. The highest BCUT2D eigenvalue weighted by Gasteiger charge is 2.40. The zero-order chi connectivity index (χ0) is 14.1. The van der Waals surface area contributed by atoms with E-state index in [1.54, 1.807) is 7.11 Å². The Balaban J connectivity index is 1.77. The van der Waals surface area contributed by atoms with E-state index >= 15 is 0 Å². The summed E-state index contributed by atoms with van der Waals surface area (Å²) in [6.07, 6.45) is 1.22. The Kier molecular flexibility index (Phi) is 3.85. The lowest BCUT2D eigenvalue weighted by atomic mass is 9.78. The van der Waals surface area contributed by atoms with Crippen molar-refractivity contribution < 1.29 is 14.6 Å². The molecule has 1 saturated carbocycles. The van der Waals surface area contributed by atoms with E-state index in [4.69, 9.17) is 9.47 Å². The van der Waals surface area contributed by atoms with Gasteiger partial charge in [0.2, 0.25) is 0 Å². The van der Waals surface area contributed by atoms with Gasteiger partial charge in [-0.15, -0.1) is 0 Å². The molecule has 1 aliphatic carbocycles. The summed E-state index contributed by atoms with van der Waals surface area (Å²) in [6.45, 7) is 4.08. The topological polar surface area (TPSA) is 50.7 Å². The summed E-state index contributed by atoms with van der Waals surface area (Å²) >= 11 is 0. The maximum Gasteiger partial charge on any atom is 0.164 e. The van der Waals surface area contributed by atoms with Crippen LogP contribution in [0.1, 0.15) is 18.4 Å². The molecule has 3 rings (SSSR count). The van der Waals surface area contributed by atoms with Gasteiger partial charge < -0.3 is 19.9 Å². The molecule has 2 aliphatic rings. The van der Waals surface area contributed by atoms with E-state index in [-0.39, 0.29) is 12.2 Å². The number of para-hydroxylation sites is 1. The first-order valence-electron chi connectivity index (χ1n) is 7.38. The largest absolute Gasteiger partial charge is 0.493 e. The molecule has 4 atom stereocenters. The fourth-order valence-electron chi connectivity index (χ4n) is 3.47. The van der Waals surface area contributed by atoms with E-state index in [1.807, 2.05) is 25.1 Å². The van der Waals surface area contributed by atoms with Crippen LogP contribution in [0.5, 0.6) is 11.5 Å². The van der Waals surface area contributed by atoms with Crippen LogP contribution in [0, 0.1) is 18.8 Å². The molecule has 1 aromatic rings. The number of ether oxygens (including phenoxy) is 2. The smallest absolute Gasteiger partial charge is 0.164 e.